The summed E-state index contributed by atoms with van der Waals surface area (Å²) in [6, 6.07) is 3.37. The summed E-state index contributed by atoms with van der Waals surface area (Å²) < 4.78 is 40.2. The number of aliphatic hydroxyl groups excluding tert-OH is 1. The lowest BCUT2D eigenvalue weighted by molar-refractivity contribution is 0.350. The smallest absolute Gasteiger partial charge is 0.263 e. The molecule has 0 aliphatic rings. The number of benzene rings is 1. The first-order valence-corrected chi connectivity index (χ1v) is 8.07. The second-order valence-corrected chi connectivity index (χ2v) is 6.90. The van der Waals surface area contributed by atoms with Crippen molar-refractivity contribution >= 4 is 26.5 Å². The third-order valence-electron chi connectivity index (χ3n) is 2.40. The number of halogens is 1. The summed E-state index contributed by atoms with van der Waals surface area (Å²) in [5.41, 5.74) is 0.0214. The van der Waals surface area contributed by atoms with Crippen molar-refractivity contribution in [2.45, 2.75) is 11.8 Å². The van der Waals surface area contributed by atoms with Crippen LogP contribution in [0.2, 0.25) is 0 Å². The minimum absolute atomic E-state index is 0.0214. The van der Waals surface area contributed by atoms with Crippen molar-refractivity contribution in [1.29, 1.82) is 0 Å². The molecule has 0 fully saturated rings. The highest BCUT2D eigenvalue weighted by Crippen LogP contribution is 2.22. The van der Waals surface area contributed by atoms with Crippen LogP contribution in [-0.4, -0.2) is 25.1 Å². The fraction of sp³-hybridized carbons (Fsp3) is 0.154. The molecule has 21 heavy (non-hydrogen) atoms. The molecule has 2 N–H and O–H groups in total. The number of thiazole rings is 1. The average molecular weight is 326 g/mol. The summed E-state index contributed by atoms with van der Waals surface area (Å²) in [5.74, 6) is 3.92. The maximum absolute atomic E-state index is 13.8. The van der Waals surface area contributed by atoms with Gasteiger partial charge < -0.3 is 5.11 Å². The van der Waals surface area contributed by atoms with E-state index >= 15 is 0 Å². The number of anilines is 1. The summed E-state index contributed by atoms with van der Waals surface area (Å²) in [5, 5.41) is 8.78. The molecular weight excluding hydrogens is 315 g/mol. The predicted molar refractivity (Wildman–Crippen MR) is 78.0 cm³/mol. The van der Waals surface area contributed by atoms with Gasteiger partial charge in [-0.25, -0.2) is 17.8 Å². The van der Waals surface area contributed by atoms with Crippen LogP contribution in [0.4, 0.5) is 9.52 Å². The van der Waals surface area contributed by atoms with Gasteiger partial charge in [0, 0.05) is 11.1 Å². The molecule has 0 saturated carbocycles. The molecule has 2 rings (SSSR count). The Balaban J connectivity index is 2.30. The quantitative estimate of drug-likeness (QED) is 0.842. The Morgan fingerprint density at radius 1 is 1.48 bits per heavy atom. The first-order valence-electron chi connectivity index (χ1n) is 5.77. The highest BCUT2D eigenvalue weighted by molar-refractivity contribution is 7.93. The number of hydrogen-bond acceptors (Lipinski definition) is 5. The maximum atomic E-state index is 13.8. The fourth-order valence-electron chi connectivity index (χ4n) is 1.47. The Morgan fingerprint density at radius 2 is 2.24 bits per heavy atom. The molecule has 1 aromatic carbocycles. The lowest BCUT2D eigenvalue weighted by Gasteiger charge is -2.05. The number of rotatable bonds is 3. The molecule has 5 nitrogen and oxygen atoms in total. The van der Waals surface area contributed by atoms with Crippen molar-refractivity contribution in [2.24, 2.45) is 0 Å². The van der Waals surface area contributed by atoms with E-state index in [-0.39, 0.29) is 15.6 Å². The van der Waals surface area contributed by atoms with Crippen LogP contribution in [0.3, 0.4) is 0 Å². The first-order chi connectivity index (χ1) is 9.92. The van der Waals surface area contributed by atoms with E-state index in [0.29, 0.717) is 0 Å². The van der Waals surface area contributed by atoms with Gasteiger partial charge >= 0.3 is 0 Å². The van der Waals surface area contributed by atoms with Gasteiger partial charge in [0.25, 0.3) is 10.0 Å². The van der Waals surface area contributed by atoms with Gasteiger partial charge in [-0.2, -0.15) is 0 Å². The minimum atomic E-state index is -3.90. The van der Waals surface area contributed by atoms with E-state index < -0.39 is 22.4 Å². The standard InChI is InChI=1S/C13H11FN2O3S2/c1-9-8-15-13(20-9)16-21(18,19)11-5-4-10(3-2-6-17)12(14)7-11/h4-5,7-8,17H,6H2,1H3,(H,15,16). The number of aliphatic hydroxyl groups is 1. The Kier molecular flexibility index (Phi) is 4.57. The minimum Gasteiger partial charge on any atom is -0.384 e. The van der Waals surface area contributed by atoms with Crippen molar-refractivity contribution in [1.82, 2.24) is 4.98 Å². The Labute approximate surface area is 125 Å². The van der Waals surface area contributed by atoms with E-state index in [4.69, 9.17) is 5.11 Å². The second kappa shape index (κ2) is 6.22. The van der Waals surface area contributed by atoms with Crippen molar-refractivity contribution in [3.05, 3.63) is 40.7 Å². The van der Waals surface area contributed by atoms with Gasteiger partial charge in [0.2, 0.25) is 0 Å². The molecule has 0 aliphatic carbocycles. The van der Waals surface area contributed by atoms with Crippen LogP contribution in [0, 0.1) is 24.6 Å². The van der Waals surface area contributed by atoms with E-state index in [1.807, 2.05) is 0 Å². The molecule has 0 unspecified atom stereocenters. The van der Waals surface area contributed by atoms with Crippen molar-refractivity contribution < 1.29 is 17.9 Å². The first kappa shape index (κ1) is 15.4. The van der Waals surface area contributed by atoms with Crippen molar-refractivity contribution in [3.63, 3.8) is 0 Å². The van der Waals surface area contributed by atoms with Gasteiger partial charge in [-0.1, -0.05) is 11.8 Å². The van der Waals surface area contributed by atoms with Crippen LogP contribution >= 0.6 is 11.3 Å². The average Bonchev–Trinajstić information content (AvgIpc) is 2.82. The summed E-state index contributed by atoms with van der Waals surface area (Å²) >= 11 is 1.18. The Morgan fingerprint density at radius 3 is 2.81 bits per heavy atom. The molecule has 1 aromatic heterocycles. The van der Waals surface area contributed by atoms with Gasteiger partial charge in [-0.05, 0) is 25.1 Å². The van der Waals surface area contributed by atoms with Gasteiger partial charge in [0.1, 0.15) is 12.4 Å². The number of aryl methyl sites for hydroxylation is 1. The van der Waals surface area contributed by atoms with E-state index in [1.54, 1.807) is 6.92 Å². The molecule has 0 radical (unpaired) electrons. The molecule has 0 aliphatic heterocycles. The molecule has 8 heteroatoms. The molecule has 0 atom stereocenters. The van der Waals surface area contributed by atoms with Crippen LogP contribution in [0.1, 0.15) is 10.4 Å². The van der Waals surface area contributed by atoms with Crippen LogP contribution in [0.25, 0.3) is 0 Å². The second-order valence-electron chi connectivity index (χ2n) is 3.98. The van der Waals surface area contributed by atoms with Gasteiger partial charge in [-0.15, -0.1) is 11.3 Å². The van der Waals surface area contributed by atoms with Gasteiger partial charge in [0.15, 0.2) is 5.13 Å². The molecule has 2 aromatic rings. The molecule has 1 heterocycles. The molecular formula is C13H11FN2O3S2. The van der Waals surface area contributed by atoms with Gasteiger partial charge in [0.05, 0.1) is 10.5 Å². The summed E-state index contributed by atoms with van der Waals surface area (Å²) in [7, 11) is -3.90. The zero-order valence-electron chi connectivity index (χ0n) is 10.9. The summed E-state index contributed by atoms with van der Waals surface area (Å²) in [6.45, 7) is 1.40. The third kappa shape index (κ3) is 3.78. The zero-order valence-corrected chi connectivity index (χ0v) is 12.6. The highest BCUT2D eigenvalue weighted by Gasteiger charge is 2.17. The lowest BCUT2D eigenvalue weighted by atomic mass is 10.2. The predicted octanol–water partition coefficient (Wildman–Crippen LogP) is 1.74. The van der Waals surface area contributed by atoms with Crippen LogP contribution in [0.15, 0.2) is 29.3 Å². The maximum Gasteiger partial charge on any atom is 0.263 e. The Hall–Kier alpha value is -1.95. The summed E-state index contributed by atoms with van der Waals surface area (Å²) in [6.07, 6.45) is 1.54. The SMILES string of the molecule is Cc1cnc(NS(=O)(=O)c2ccc(C#CCO)c(F)c2)s1. The van der Waals surface area contributed by atoms with Crippen LogP contribution in [-0.2, 0) is 10.0 Å². The van der Waals surface area contributed by atoms with Crippen molar-refractivity contribution in [2.75, 3.05) is 11.3 Å². The van der Waals surface area contributed by atoms with Crippen molar-refractivity contribution in [3.8, 4) is 11.8 Å². The van der Waals surface area contributed by atoms with E-state index in [2.05, 4.69) is 21.5 Å². The van der Waals surface area contributed by atoms with E-state index in [9.17, 15) is 12.8 Å². The van der Waals surface area contributed by atoms with Crippen LogP contribution < -0.4 is 4.72 Å². The fourth-order valence-corrected chi connectivity index (χ4v) is 3.39. The molecule has 110 valence electrons. The number of sulfonamides is 1. The summed E-state index contributed by atoms with van der Waals surface area (Å²) in [4.78, 5) is 4.53. The highest BCUT2D eigenvalue weighted by atomic mass is 32.2. The number of hydrogen-bond donors (Lipinski definition) is 2. The Bertz CT molecular complexity index is 819. The number of nitrogens with one attached hydrogen (secondary N) is 1. The number of aromatic nitrogens is 1. The molecule has 0 amide bonds. The number of nitrogens with zero attached hydrogens (tertiary/aromatic N) is 1. The van der Waals surface area contributed by atoms with E-state index in [1.165, 1.54) is 29.7 Å². The largest absolute Gasteiger partial charge is 0.384 e. The zero-order chi connectivity index (χ0) is 15.5. The van der Waals surface area contributed by atoms with E-state index in [0.717, 1.165) is 10.9 Å². The lowest BCUT2D eigenvalue weighted by Crippen LogP contribution is -2.13. The molecule has 0 bridgehead atoms. The molecule has 0 saturated heterocycles. The van der Waals surface area contributed by atoms with Gasteiger partial charge in [-0.3, -0.25) is 4.72 Å². The normalized spacial score (nSPS) is 10.8. The monoisotopic (exact) mass is 326 g/mol. The molecule has 0 spiro atoms. The van der Waals surface area contributed by atoms with Crippen LogP contribution in [0.5, 0.6) is 0 Å². The topological polar surface area (TPSA) is 79.3 Å². The third-order valence-corrected chi connectivity index (χ3v) is 4.69.